The van der Waals surface area contributed by atoms with Crippen LogP contribution in [0.4, 0.5) is 4.39 Å². The lowest BCUT2D eigenvalue weighted by Gasteiger charge is -2.29. The maximum Gasteiger partial charge on any atom is 0.123 e. The van der Waals surface area contributed by atoms with Crippen LogP contribution in [0, 0.1) is 11.7 Å². The molecule has 0 N–H and O–H groups in total. The van der Waals surface area contributed by atoms with Gasteiger partial charge in [0, 0.05) is 0 Å². The molecule has 0 atom stereocenters. The second kappa shape index (κ2) is 3.49. The zero-order chi connectivity index (χ0) is 10.1. The monoisotopic (exact) mass is 180 g/mol. The Morgan fingerprint density at radius 1 is 1.23 bits per heavy atom. The summed E-state index contributed by atoms with van der Waals surface area (Å²) in [4.78, 5) is 0. The molecule has 0 saturated heterocycles. The molecule has 0 amide bonds. The van der Waals surface area contributed by atoms with Gasteiger partial charge in [-0.05, 0) is 29.0 Å². The fourth-order valence-corrected chi connectivity index (χ4v) is 1.22. The van der Waals surface area contributed by atoms with Crippen molar-refractivity contribution in [2.24, 2.45) is 5.92 Å². The Labute approximate surface area is 79.8 Å². The van der Waals surface area contributed by atoms with Gasteiger partial charge in [0.1, 0.15) is 5.82 Å². The topological polar surface area (TPSA) is 0 Å². The lowest BCUT2D eigenvalue weighted by atomic mass is 9.75. The maximum atomic E-state index is 13.0. The second-order valence-electron chi connectivity index (χ2n) is 4.39. The summed E-state index contributed by atoms with van der Waals surface area (Å²) in [6, 6.07) is 6.87. The number of halogens is 1. The third kappa shape index (κ3) is 2.09. The Morgan fingerprint density at radius 2 is 1.85 bits per heavy atom. The van der Waals surface area contributed by atoms with E-state index in [0.29, 0.717) is 5.92 Å². The van der Waals surface area contributed by atoms with Crippen molar-refractivity contribution in [2.75, 3.05) is 0 Å². The predicted octanol–water partition coefficient (Wildman–Crippen LogP) is 3.76. The van der Waals surface area contributed by atoms with Gasteiger partial charge in [-0.25, -0.2) is 4.39 Å². The zero-order valence-electron chi connectivity index (χ0n) is 8.76. The fourth-order valence-electron chi connectivity index (χ4n) is 1.22. The van der Waals surface area contributed by atoms with Crippen molar-refractivity contribution in [3.63, 3.8) is 0 Å². The lowest BCUT2D eigenvalue weighted by Crippen LogP contribution is -2.24. The standard InChI is InChI=1S/C12H17F/c1-9(2)12(3,4)10-6-5-7-11(13)8-10/h5-9H,1-4H3. The van der Waals surface area contributed by atoms with E-state index in [0.717, 1.165) is 5.56 Å². The molecule has 72 valence electrons. The molecule has 0 heterocycles. The Bertz CT molecular complexity index is 287. The van der Waals surface area contributed by atoms with Crippen LogP contribution in [0.5, 0.6) is 0 Å². The number of hydrogen-bond donors (Lipinski definition) is 0. The van der Waals surface area contributed by atoms with Crippen LogP contribution in [-0.4, -0.2) is 0 Å². The van der Waals surface area contributed by atoms with Crippen molar-refractivity contribution in [3.8, 4) is 0 Å². The Kier molecular flexibility index (Phi) is 2.74. The highest BCUT2D eigenvalue weighted by molar-refractivity contribution is 5.24. The SMILES string of the molecule is CC(C)C(C)(C)c1cccc(F)c1. The van der Waals surface area contributed by atoms with Gasteiger partial charge in [0.2, 0.25) is 0 Å². The second-order valence-corrected chi connectivity index (χ2v) is 4.39. The van der Waals surface area contributed by atoms with Gasteiger partial charge in [-0.3, -0.25) is 0 Å². The predicted molar refractivity (Wildman–Crippen MR) is 54.3 cm³/mol. The van der Waals surface area contributed by atoms with E-state index in [1.165, 1.54) is 6.07 Å². The van der Waals surface area contributed by atoms with Gasteiger partial charge >= 0.3 is 0 Å². The minimum Gasteiger partial charge on any atom is -0.207 e. The van der Waals surface area contributed by atoms with Gasteiger partial charge in [-0.15, -0.1) is 0 Å². The van der Waals surface area contributed by atoms with Gasteiger partial charge in [-0.1, -0.05) is 39.8 Å². The molecule has 1 heteroatoms. The first-order chi connectivity index (χ1) is 5.94. The van der Waals surface area contributed by atoms with E-state index in [2.05, 4.69) is 27.7 Å². The molecule has 13 heavy (non-hydrogen) atoms. The quantitative estimate of drug-likeness (QED) is 0.650. The zero-order valence-corrected chi connectivity index (χ0v) is 8.76. The van der Waals surface area contributed by atoms with Crippen LogP contribution in [0.25, 0.3) is 0 Å². The molecule has 1 aromatic rings. The number of rotatable bonds is 2. The molecule has 0 saturated carbocycles. The Hall–Kier alpha value is -0.850. The van der Waals surface area contributed by atoms with E-state index in [9.17, 15) is 4.39 Å². The van der Waals surface area contributed by atoms with Gasteiger partial charge in [0.25, 0.3) is 0 Å². The van der Waals surface area contributed by atoms with Crippen molar-refractivity contribution in [2.45, 2.75) is 33.1 Å². The van der Waals surface area contributed by atoms with Gasteiger partial charge in [0.05, 0.1) is 0 Å². The summed E-state index contributed by atoms with van der Waals surface area (Å²) in [6.45, 7) is 8.61. The normalized spacial score (nSPS) is 12.2. The van der Waals surface area contributed by atoms with Gasteiger partial charge in [-0.2, -0.15) is 0 Å². The molecule has 0 aliphatic carbocycles. The first-order valence-corrected chi connectivity index (χ1v) is 4.70. The molecule has 0 unspecified atom stereocenters. The van der Waals surface area contributed by atoms with Crippen molar-refractivity contribution in [1.82, 2.24) is 0 Å². The molecule has 0 radical (unpaired) electrons. The average molecular weight is 180 g/mol. The first-order valence-electron chi connectivity index (χ1n) is 4.70. The Morgan fingerprint density at radius 3 is 2.31 bits per heavy atom. The van der Waals surface area contributed by atoms with Crippen molar-refractivity contribution in [1.29, 1.82) is 0 Å². The molecule has 0 spiro atoms. The third-order valence-electron chi connectivity index (χ3n) is 3.01. The number of hydrogen-bond acceptors (Lipinski definition) is 0. The Balaban J connectivity index is 3.07. The summed E-state index contributed by atoms with van der Waals surface area (Å²) in [5.41, 5.74) is 1.12. The first kappa shape index (κ1) is 10.2. The highest BCUT2D eigenvalue weighted by Crippen LogP contribution is 2.31. The van der Waals surface area contributed by atoms with Crippen LogP contribution in [0.1, 0.15) is 33.3 Å². The lowest BCUT2D eigenvalue weighted by molar-refractivity contribution is 0.370. The molecule has 0 nitrogen and oxygen atoms in total. The largest absolute Gasteiger partial charge is 0.207 e. The van der Waals surface area contributed by atoms with E-state index in [1.807, 2.05) is 6.07 Å². The van der Waals surface area contributed by atoms with E-state index >= 15 is 0 Å². The van der Waals surface area contributed by atoms with E-state index in [-0.39, 0.29) is 11.2 Å². The summed E-state index contributed by atoms with van der Waals surface area (Å²) < 4.78 is 13.0. The van der Waals surface area contributed by atoms with Crippen molar-refractivity contribution < 1.29 is 4.39 Å². The van der Waals surface area contributed by atoms with Crippen LogP contribution in [0.2, 0.25) is 0 Å². The minimum atomic E-state index is -0.147. The minimum absolute atomic E-state index is 0.0437. The summed E-state index contributed by atoms with van der Waals surface area (Å²) in [5, 5.41) is 0. The van der Waals surface area contributed by atoms with Gasteiger partial charge < -0.3 is 0 Å². The smallest absolute Gasteiger partial charge is 0.123 e. The van der Waals surface area contributed by atoms with Crippen LogP contribution in [0.3, 0.4) is 0 Å². The molecular formula is C12H17F. The van der Waals surface area contributed by atoms with Gasteiger partial charge in [0.15, 0.2) is 0 Å². The summed E-state index contributed by atoms with van der Waals surface area (Å²) in [6.07, 6.45) is 0. The summed E-state index contributed by atoms with van der Waals surface area (Å²) in [7, 11) is 0. The van der Waals surface area contributed by atoms with E-state index < -0.39 is 0 Å². The van der Waals surface area contributed by atoms with Crippen molar-refractivity contribution >= 4 is 0 Å². The average Bonchev–Trinajstić information content (AvgIpc) is 2.04. The molecule has 0 aromatic heterocycles. The molecular weight excluding hydrogens is 163 g/mol. The summed E-state index contributed by atoms with van der Waals surface area (Å²) >= 11 is 0. The van der Waals surface area contributed by atoms with Crippen molar-refractivity contribution in [3.05, 3.63) is 35.6 Å². The highest BCUT2D eigenvalue weighted by atomic mass is 19.1. The van der Waals surface area contributed by atoms with E-state index in [4.69, 9.17) is 0 Å². The van der Waals surface area contributed by atoms with Crippen LogP contribution in [-0.2, 0) is 5.41 Å². The van der Waals surface area contributed by atoms with Crippen LogP contribution < -0.4 is 0 Å². The van der Waals surface area contributed by atoms with E-state index in [1.54, 1.807) is 12.1 Å². The van der Waals surface area contributed by atoms with Crippen LogP contribution >= 0.6 is 0 Å². The fraction of sp³-hybridized carbons (Fsp3) is 0.500. The molecule has 0 aliphatic rings. The number of benzene rings is 1. The highest BCUT2D eigenvalue weighted by Gasteiger charge is 2.24. The third-order valence-corrected chi connectivity index (χ3v) is 3.01. The van der Waals surface area contributed by atoms with Crippen LogP contribution in [0.15, 0.2) is 24.3 Å². The molecule has 1 rings (SSSR count). The maximum absolute atomic E-state index is 13.0. The molecule has 1 aromatic carbocycles. The molecule has 0 fully saturated rings. The summed E-state index contributed by atoms with van der Waals surface area (Å²) in [5.74, 6) is 0.362. The molecule has 0 bridgehead atoms. The molecule has 0 aliphatic heterocycles.